The van der Waals surface area contributed by atoms with E-state index in [-0.39, 0.29) is 5.03 Å². The van der Waals surface area contributed by atoms with Crippen molar-refractivity contribution in [1.29, 1.82) is 0 Å². The van der Waals surface area contributed by atoms with Crippen LogP contribution in [-0.2, 0) is 7.05 Å². The Kier molecular flexibility index (Phi) is 3.37. The van der Waals surface area contributed by atoms with Crippen molar-refractivity contribution in [3.8, 4) is 0 Å². The fourth-order valence-corrected chi connectivity index (χ4v) is 1.92. The quantitative estimate of drug-likeness (QED) is 0.622. The van der Waals surface area contributed by atoms with E-state index in [4.69, 9.17) is 5.11 Å². The molecule has 0 saturated carbocycles. The average molecular weight is 282 g/mol. The highest BCUT2D eigenvalue weighted by Gasteiger charge is 2.21. The van der Waals surface area contributed by atoms with Crippen LogP contribution in [0, 0.1) is 10.1 Å². The van der Waals surface area contributed by atoms with E-state index in [1.807, 2.05) is 0 Å². The van der Waals surface area contributed by atoms with Crippen LogP contribution in [0.1, 0.15) is 10.4 Å². The average Bonchev–Trinajstić information content (AvgIpc) is 2.74. The van der Waals surface area contributed by atoms with Gasteiger partial charge in [0, 0.05) is 7.05 Å². The Morgan fingerprint density at radius 1 is 1.58 bits per heavy atom. The minimum atomic E-state index is -1.40. The molecule has 11 heteroatoms. The van der Waals surface area contributed by atoms with E-state index in [2.05, 4.69) is 20.5 Å². The zero-order valence-electron chi connectivity index (χ0n) is 9.42. The Labute approximate surface area is 109 Å². The van der Waals surface area contributed by atoms with Crippen molar-refractivity contribution in [2.24, 2.45) is 7.05 Å². The first-order valence-electron chi connectivity index (χ1n) is 4.77. The second-order valence-electron chi connectivity index (χ2n) is 3.29. The number of hydrogen-bond acceptors (Lipinski definition) is 8. The van der Waals surface area contributed by atoms with Gasteiger partial charge in [0.25, 0.3) is 0 Å². The van der Waals surface area contributed by atoms with Gasteiger partial charge in [-0.1, -0.05) is 0 Å². The summed E-state index contributed by atoms with van der Waals surface area (Å²) >= 11 is 1.00. The number of nitro groups is 1. The number of pyridine rings is 1. The molecule has 1 N–H and O–H groups in total. The molecule has 0 bridgehead atoms. The third-order valence-electron chi connectivity index (χ3n) is 2.06. The van der Waals surface area contributed by atoms with Crippen molar-refractivity contribution in [3.63, 3.8) is 0 Å². The minimum Gasteiger partial charge on any atom is -0.477 e. The molecule has 2 aromatic heterocycles. The monoisotopic (exact) mass is 282 g/mol. The predicted octanol–water partition coefficient (Wildman–Crippen LogP) is 0.363. The summed E-state index contributed by atoms with van der Waals surface area (Å²) in [6.07, 6.45) is 0.898. The highest BCUT2D eigenvalue weighted by atomic mass is 32.2. The van der Waals surface area contributed by atoms with Gasteiger partial charge in [-0.15, -0.1) is 5.10 Å². The lowest BCUT2D eigenvalue weighted by Crippen LogP contribution is -2.04. The largest absolute Gasteiger partial charge is 0.477 e. The van der Waals surface area contributed by atoms with E-state index < -0.39 is 22.1 Å². The summed E-state index contributed by atoms with van der Waals surface area (Å²) in [6.45, 7) is 0. The van der Waals surface area contributed by atoms with E-state index in [0.29, 0.717) is 5.16 Å². The summed E-state index contributed by atoms with van der Waals surface area (Å²) in [4.78, 5) is 24.6. The van der Waals surface area contributed by atoms with E-state index in [0.717, 1.165) is 24.0 Å². The number of aromatic nitrogens is 5. The number of nitrogens with zero attached hydrogens (tertiary/aromatic N) is 6. The molecule has 2 aromatic rings. The van der Waals surface area contributed by atoms with E-state index >= 15 is 0 Å². The summed E-state index contributed by atoms with van der Waals surface area (Å²) in [5, 5.41) is 30.9. The van der Waals surface area contributed by atoms with Crippen LogP contribution >= 0.6 is 11.8 Å². The van der Waals surface area contributed by atoms with Crippen molar-refractivity contribution in [2.45, 2.75) is 10.2 Å². The zero-order valence-corrected chi connectivity index (χ0v) is 10.2. The SMILES string of the molecule is Cn1nnnc1Sc1cc(C(=O)O)c([N+](=O)[O-])cn1. The van der Waals surface area contributed by atoms with Crippen LogP contribution in [0.2, 0.25) is 0 Å². The maximum Gasteiger partial charge on any atom is 0.342 e. The number of carboxylic acid groups (broad SMARTS) is 1. The van der Waals surface area contributed by atoms with Gasteiger partial charge in [-0.05, 0) is 28.3 Å². The van der Waals surface area contributed by atoms with Gasteiger partial charge >= 0.3 is 11.7 Å². The Morgan fingerprint density at radius 2 is 2.32 bits per heavy atom. The van der Waals surface area contributed by atoms with Crippen molar-refractivity contribution < 1.29 is 14.8 Å². The summed E-state index contributed by atoms with van der Waals surface area (Å²) in [6, 6.07) is 1.11. The maximum atomic E-state index is 11.0. The Balaban J connectivity index is 2.39. The van der Waals surface area contributed by atoms with Crippen molar-refractivity contribution in [2.75, 3.05) is 0 Å². The number of carbonyl (C=O) groups is 1. The normalized spacial score (nSPS) is 10.4. The van der Waals surface area contributed by atoms with Crippen LogP contribution < -0.4 is 0 Å². The molecule has 98 valence electrons. The molecule has 0 aliphatic rings. The molecule has 0 saturated heterocycles. The van der Waals surface area contributed by atoms with Gasteiger partial charge in [-0.3, -0.25) is 10.1 Å². The molecule has 2 heterocycles. The highest BCUT2D eigenvalue weighted by Crippen LogP contribution is 2.27. The standard InChI is InChI=1S/C8H6N6O4S/c1-13-8(10-11-12-13)19-6-2-4(7(15)16)5(3-9-6)14(17)18/h2-3H,1H3,(H,15,16). The van der Waals surface area contributed by atoms with Gasteiger partial charge in [0.05, 0.1) is 4.92 Å². The van der Waals surface area contributed by atoms with Gasteiger partial charge in [-0.2, -0.15) is 0 Å². The third-order valence-corrected chi connectivity index (χ3v) is 3.02. The molecular weight excluding hydrogens is 276 g/mol. The van der Waals surface area contributed by atoms with Gasteiger partial charge in [0.15, 0.2) is 0 Å². The molecule has 0 amide bonds. The molecule has 2 rings (SSSR count). The van der Waals surface area contributed by atoms with Crippen LogP contribution in [-0.4, -0.2) is 41.2 Å². The first-order chi connectivity index (χ1) is 8.99. The Hall–Kier alpha value is -2.56. The van der Waals surface area contributed by atoms with Crippen molar-refractivity contribution in [3.05, 3.63) is 27.9 Å². The molecule has 10 nitrogen and oxygen atoms in total. The fourth-order valence-electron chi connectivity index (χ4n) is 1.20. The molecule has 0 aliphatic heterocycles. The van der Waals surface area contributed by atoms with Crippen LogP contribution in [0.4, 0.5) is 5.69 Å². The van der Waals surface area contributed by atoms with Gasteiger partial charge in [0.1, 0.15) is 16.8 Å². The number of aryl methyl sites for hydroxylation is 1. The molecule has 0 unspecified atom stereocenters. The lowest BCUT2D eigenvalue weighted by atomic mass is 10.2. The van der Waals surface area contributed by atoms with E-state index in [9.17, 15) is 14.9 Å². The topological polar surface area (TPSA) is 137 Å². The van der Waals surface area contributed by atoms with Crippen LogP contribution in [0.15, 0.2) is 22.4 Å². The molecule has 0 aromatic carbocycles. The van der Waals surface area contributed by atoms with E-state index in [1.165, 1.54) is 4.68 Å². The van der Waals surface area contributed by atoms with Crippen LogP contribution in [0.5, 0.6) is 0 Å². The molecule has 0 fully saturated rings. The summed E-state index contributed by atoms with van der Waals surface area (Å²) in [5.74, 6) is -1.40. The molecule has 0 aliphatic carbocycles. The van der Waals surface area contributed by atoms with Crippen molar-refractivity contribution >= 4 is 23.4 Å². The molecule has 19 heavy (non-hydrogen) atoms. The smallest absolute Gasteiger partial charge is 0.342 e. The molecular formula is C8H6N6O4S. The zero-order chi connectivity index (χ0) is 14.0. The number of carboxylic acids is 1. The number of tetrazole rings is 1. The number of hydrogen-bond donors (Lipinski definition) is 1. The Bertz CT molecular complexity index is 656. The first kappa shape index (κ1) is 12.9. The fraction of sp³-hybridized carbons (Fsp3) is 0.125. The van der Waals surface area contributed by atoms with Crippen LogP contribution in [0.3, 0.4) is 0 Å². The van der Waals surface area contributed by atoms with Gasteiger partial charge < -0.3 is 5.11 Å². The van der Waals surface area contributed by atoms with Gasteiger partial charge in [0.2, 0.25) is 5.16 Å². The summed E-state index contributed by atoms with van der Waals surface area (Å²) in [7, 11) is 1.60. The Morgan fingerprint density at radius 3 is 2.84 bits per heavy atom. The number of aromatic carboxylic acids is 1. The predicted molar refractivity (Wildman–Crippen MR) is 60.8 cm³/mol. The second-order valence-corrected chi connectivity index (χ2v) is 4.28. The molecule has 0 atom stereocenters. The summed E-state index contributed by atoms with van der Waals surface area (Å²) in [5.41, 5.74) is -0.995. The maximum absolute atomic E-state index is 11.0. The minimum absolute atomic E-state index is 0.251. The lowest BCUT2D eigenvalue weighted by molar-refractivity contribution is -0.385. The van der Waals surface area contributed by atoms with Crippen molar-refractivity contribution in [1.82, 2.24) is 25.2 Å². The second kappa shape index (κ2) is 4.97. The van der Waals surface area contributed by atoms with E-state index in [1.54, 1.807) is 7.05 Å². The summed E-state index contributed by atoms with van der Waals surface area (Å²) < 4.78 is 1.37. The highest BCUT2D eigenvalue weighted by molar-refractivity contribution is 7.99. The molecule has 0 spiro atoms. The van der Waals surface area contributed by atoms with Crippen LogP contribution in [0.25, 0.3) is 0 Å². The van der Waals surface area contributed by atoms with Gasteiger partial charge in [-0.25, -0.2) is 14.5 Å². The first-order valence-corrected chi connectivity index (χ1v) is 5.58. The number of rotatable bonds is 4. The lowest BCUT2D eigenvalue weighted by Gasteiger charge is -2.01. The third kappa shape index (κ3) is 2.65. The molecule has 0 radical (unpaired) electrons.